The van der Waals surface area contributed by atoms with Crippen LogP contribution in [0.4, 0.5) is 10.1 Å². The number of hydrogen-bond donors (Lipinski definition) is 1. The number of aliphatic hydroxyl groups is 1. The molecule has 1 aromatic carbocycles. The minimum Gasteiger partial charge on any atom is -0.390 e. The van der Waals surface area contributed by atoms with Crippen molar-refractivity contribution in [1.82, 2.24) is 19.4 Å². The van der Waals surface area contributed by atoms with Gasteiger partial charge in [0.15, 0.2) is 17.3 Å². The van der Waals surface area contributed by atoms with Gasteiger partial charge in [0, 0.05) is 48.3 Å². The van der Waals surface area contributed by atoms with Crippen LogP contribution in [0.2, 0.25) is 0 Å². The summed E-state index contributed by atoms with van der Waals surface area (Å²) in [7, 11) is 0. The molecule has 0 aliphatic heterocycles. The summed E-state index contributed by atoms with van der Waals surface area (Å²) in [5.74, 6) is 0.545. The zero-order valence-electron chi connectivity index (χ0n) is 17.5. The fourth-order valence-corrected chi connectivity index (χ4v) is 3.70. The maximum Gasteiger partial charge on any atom is 0.173 e. The third-order valence-electron chi connectivity index (χ3n) is 4.98. The van der Waals surface area contributed by atoms with Crippen molar-refractivity contribution in [3.05, 3.63) is 54.4 Å². The summed E-state index contributed by atoms with van der Waals surface area (Å²) in [5.41, 5.74) is 3.12. The maximum atomic E-state index is 14.5. The van der Waals surface area contributed by atoms with Crippen LogP contribution in [0.25, 0.3) is 27.9 Å². The number of imidazole rings is 1. The molecule has 7 heteroatoms. The molecular weight excluding hydrogens is 381 g/mol. The second-order valence-corrected chi connectivity index (χ2v) is 7.97. The topological polar surface area (TPSA) is 66.5 Å². The van der Waals surface area contributed by atoms with Crippen molar-refractivity contribution in [2.24, 2.45) is 5.92 Å². The number of benzene rings is 1. The Morgan fingerprint density at radius 2 is 2.00 bits per heavy atom. The number of hydrogen-bond acceptors (Lipinski definition) is 5. The molecule has 30 heavy (non-hydrogen) atoms. The molecule has 3 heterocycles. The second kappa shape index (κ2) is 8.36. The minimum atomic E-state index is -0.477. The molecule has 0 spiro atoms. The molecule has 0 radical (unpaired) electrons. The van der Waals surface area contributed by atoms with Crippen LogP contribution in [0.1, 0.15) is 32.9 Å². The first-order valence-electron chi connectivity index (χ1n) is 10.3. The minimum absolute atomic E-state index is 0.175. The van der Waals surface area contributed by atoms with Gasteiger partial charge in [0.25, 0.3) is 0 Å². The highest BCUT2D eigenvalue weighted by atomic mass is 19.1. The molecular formula is C23H26FN5O. The van der Waals surface area contributed by atoms with Crippen LogP contribution in [0.3, 0.4) is 0 Å². The van der Waals surface area contributed by atoms with E-state index in [4.69, 9.17) is 0 Å². The van der Waals surface area contributed by atoms with Crippen molar-refractivity contribution < 1.29 is 9.50 Å². The summed E-state index contributed by atoms with van der Waals surface area (Å²) >= 11 is 0. The molecule has 0 bridgehead atoms. The van der Waals surface area contributed by atoms with Crippen LogP contribution in [0.5, 0.6) is 0 Å². The van der Waals surface area contributed by atoms with Crippen LogP contribution >= 0.6 is 0 Å². The largest absolute Gasteiger partial charge is 0.390 e. The number of aliphatic hydroxyl groups excluding tert-OH is 1. The Kier molecular flexibility index (Phi) is 5.63. The van der Waals surface area contributed by atoms with Crippen molar-refractivity contribution in [3.8, 4) is 11.4 Å². The van der Waals surface area contributed by atoms with E-state index in [0.717, 1.165) is 36.1 Å². The van der Waals surface area contributed by atoms with Gasteiger partial charge in [0.05, 0.1) is 17.8 Å². The Balaban J connectivity index is 1.71. The molecule has 156 valence electrons. The fraction of sp³-hybridized carbons (Fsp3) is 0.348. The highest BCUT2D eigenvalue weighted by molar-refractivity contribution is 5.83. The van der Waals surface area contributed by atoms with Crippen LogP contribution < -0.4 is 4.90 Å². The van der Waals surface area contributed by atoms with Gasteiger partial charge in [0.2, 0.25) is 0 Å². The lowest BCUT2D eigenvalue weighted by Gasteiger charge is -2.26. The quantitative estimate of drug-likeness (QED) is 0.490. The first-order chi connectivity index (χ1) is 14.5. The van der Waals surface area contributed by atoms with E-state index in [1.807, 2.05) is 6.07 Å². The van der Waals surface area contributed by atoms with E-state index < -0.39 is 5.82 Å². The van der Waals surface area contributed by atoms with Crippen molar-refractivity contribution >= 4 is 22.2 Å². The number of pyridine rings is 1. The number of anilines is 1. The lowest BCUT2D eigenvalue weighted by atomic mass is 10.1. The van der Waals surface area contributed by atoms with Gasteiger partial charge in [-0.05, 0) is 36.6 Å². The van der Waals surface area contributed by atoms with Gasteiger partial charge in [-0.2, -0.15) is 0 Å². The number of aromatic nitrogens is 4. The van der Waals surface area contributed by atoms with E-state index in [1.54, 1.807) is 23.0 Å². The molecule has 6 nitrogen and oxygen atoms in total. The van der Waals surface area contributed by atoms with Crippen LogP contribution in [0, 0.1) is 11.7 Å². The van der Waals surface area contributed by atoms with Gasteiger partial charge < -0.3 is 14.4 Å². The normalized spacial score (nSPS) is 11.7. The summed E-state index contributed by atoms with van der Waals surface area (Å²) in [4.78, 5) is 15.6. The fourth-order valence-electron chi connectivity index (χ4n) is 3.70. The average Bonchev–Trinajstić information content (AvgIpc) is 3.16. The zero-order chi connectivity index (χ0) is 21.3. The molecule has 0 aliphatic carbocycles. The van der Waals surface area contributed by atoms with Gasteiger partial charge in [-0.3, -0.25) is 0 Å². The summed E-state index contributed by atoms with van der Waals surface area (Å²) in [5, 5.41) is 10.2. The van der Waals surface area contributed by atoms with E-state index in [-0.39, 0.29) is 12.3 Å². The van der Waals surface area contributed by atoms with Gasteiger partial charge in [-0.1, -0.05) is 20.8 Å². The molecule has 0 amide bonds. The average molecular weight is 407 g/mol. The van der Waals surface area contributed by atoms with Crippen molar-refractivity contribution in [3.63, 3.8) is 0 Å². The van der Waals surface area contributed by atoms with Gasteiger partial charge in [-0.25, -0.2) is 19.3 Å². The number of fused-ring (bicyclic) bond motifs is 2. The Hall–Kier alpha value is -3.06. The van der Waals surface area contributed by atoms with Crippen LogP contribution in [-0.2, 0) is 6.61 Å². The smallest absolute Gasteiger partial charge is 0.173 e. The summed E-state index contributed by atoms with van der Waals surface area (Å²) < 4.78 is 16.0. The molecule has 0 saturated heterocycles. The Morgan fingerprint density at radius 1 is 1.17 bits per heavy atom. The lowest BCUT2D eigenvalue weighted by Crippen LogP contribution is -2.28. The number of halogens is 1. The maximum absolute atomic E-state index is 14.5. The molecule has 0 fully saturated rings. The SMILES string of the molecule is CCCN(CC(C)C)c1ccc2nc(-c3cc(F)c4nc(CO)cn4c3)ncc2c1. The first kappa shape index (κ1) is 20.2. The predicted octanol–water partition coefficient (Wildman–Crippen LogP) is 4.45. The van der Waals surface area contributed by atoms with Gasteiger partial charge in [-0.15, -0.1) is 0 Å². The highest BCUT2D eigenvalue weighted by Gasteiger charge is 2.13. The number of rotatable bonds is 7. The first-order valence-corrected chi connectivity index (χ1v) is 10.3. The van der Waals surface area contributed by atoms with Crippen LogP contribution in [-0.4, -0.2) is 37.5 Å². The van der Waals surface area contributed by atoms with E-state index >= 15 is 0 Å². The van der Waals surface area contributed by atoms with Crippen molar-refractivity contribution in [2.45, 2.75) is 33.8 Å². The Labute approximate surface area is 175 Å². The molecule has 3 aromatic heterocycles. The monoisotopic (exact) mass is 407 g/mol. The molecule has 0 aliphatic rings. The third kappa shape index (κ3) is 3.98. The lowest BCUT2D eigenvalue weighted by molar-refractivity contribution is 0.277. The Bertz CT molecular complexity index is 1190. The Morgan fingerprint density at radius 3 is 2.73 bits per heavy atom. The highest BCUT2D eigenvalue weighted by Crippen LogP contribution is 2.25. The van der Waals surface area contributed by atoms with E-state index in [2.05, 4.69) is 52.8 Å². The molecule has 1 N–H and O–H groups in total. The summed E-state index contributed by atoms with van der Waals surface area (Å²) in [6.45, 7) is 8.39. The van der Waals surface area contributed by atoms with Crippen molar-refractivity contribution in [1.29, 1.82) is 0 Å². The standard InChI is InChI=1S/C23H26FN5O/c1-4-7-28(11-15(2)3)19-5-6-21-16(8-19)10-25-22(27-21)17-9-20(24)23-26-18(14-30)13-29(23)12-17/h5-6,8-10,12-13,15,30H,4,7,11,14H2,1-3H3. The summed E-state index contributed by atoms with van der Waals surface area (Å²) in [6.07, 6.45) is 6.20. The predicted molar refractivity (Wildman–Crippen MR) is 117 cm³/mol. The molecule has 0 atom stereocenters. The third-order valence-corrected chi connectivity index (χ3v) is 4.98. The molecule has 0 unspecified atom stereocenters. The van der Waals surface area contributed by atoms with E-state index in [1.165, 1.54) is 6.07 Å². The molecule has 4 rings (SSSR count). The molecule has 4 aromatic rings. The summed E-state index contributed by atoms with van der Waals surface area (Å²) in [6, 6.07) is 7.58. The van der Waals surface area contributed by atoms with Crippen molar-refractivity contribution in [2.75, 3.05) is 18.0 Å². The number of nitrogens with zero attached hydrogens (tertiary/aromatic N) is 5. The zero-order valence-corrected chi connectivity index (χ0v) is 17.5. The second-order valence-electron chi connectivity index (χ2n) is 7.97. The van der Waals surface area contributed by atoms with Gasteiger partial charge in [0.1, 0.15) is 0 Å². The van der Waals surface area contributed by atoms with Crippen LogP contribution in [0.15, 0.2) is 42.9 Å². The molecule has 0 saturated carbocycles. The van der Waals surface area contributed by atoms with E-state index in [0.29, 0.717) is 23.0 Å². The van der Waals surface area contributed by atoms with E-state index in [9.17, 15) is 9.50 Å². The van der Waals surface area contributed by atoms with Gasteiger partial charge >= 0.3 is 0 Å².